The van der Waals surface area contributed by atoms with Crippen LogP contribution in [0.15, 0.2) is 66.7 Å². The molecule has 0 aliphatic heterocycles. The van der Waals surface area contributed by atoms with E-state index in [4.69, 9.17) is 21.7 Å². The molecule has 4 aromatic rings. The van der Waals surface area contributed by atoms with Crippen LogP contribution in [0.25, 0.3) is 22.2 Å². The summed E-state index contributed by atoms with van der Waals surface area (Å²) in [6, 6.07) is 20.8. The quantitative estimate of drug-likeness (QED) is 0.256. The standard InChI is InChI=1S/C25H25N5O4S/c1-16(34-21-12-7-17-5-3-4-6-19(17)15-21)24(32)28-26-22(31)13-14-30-23(27-29-25(30)35)18-8-10-20(33-2)11-9-18/h3-12,15-16H,13-14H2,1-2H3,(H,26,31)(H,28,32)(H,29,35). The van der Waals surface area contributed by atoms with Crippen LogP contribution in [0.2, 0.25) is 0 Å². The van der Waals surface area contributed by atoms with Crippen molar-refractivity contribution < 1.29 is 19.1 Å². The van der Waals surface area contributed by atoms with Crippen LogP contribution in [0.4, 0.5) is 0 Å². The Bertz CT molecular complexity index is 1400. The first-order valence-electron chi connectivity index (χ1n) is 11.0. The molecule has 3 aromatic carbocycles. The van der Waals surface area contributed by atoms with Crippen LogP contribution in [0.5, 0.6) is 11.5 Å². The molecular formula is C25H25N5O4S. The van der Waals surface area contributed by atoms with Crippen LogP contribution in [0, 0.1) is 4.77 Å². The maximum Gasteiger partial charge on any atom is 0.279 e. The Balaban J connectivity index is 1.29. The van der Waals surface area contributed by atoms with Gasteiger partial charge in [-0.1, -0.05) is 30.3 Å². The van der Waals surface area contributed by atoms with E-state index in [1.807, 2.05) is 60.7 Å². The molecule has 0 saturated carbocycles. The Kier molecular flexibility index (Phi) is 7.41. The maximum absolute atomic E-state index is 12.4. The molecule has 180 valence electrons. The Labute approximate surface area is 207 Å². The van der Waals surface area contributed by atoms with E-state index in [2.05, 4.69) is 21.0 Å². The topological polar surface area (TPSA) is 110 Å². The van der Waals surface area contributed by atoms with Gasteiger partial charge in [0.1, 0.15) is 11.5 Å². The van der Waals surface area contributed by atoms with Crippen molar-refractivity contribution in [2.24, 2.45) is 0 Å². The van der Waals surface area contributed by atoms with Crippen molar-refractivity contribution in [3.63, 3.8) is 0 Å². The molecule has 0 radical (unpaired) electrons. The van der Waals surface area contributed by atoms with Gasteiger partial charge in [-0.05, 0) is 66.3 Å². The zero-order valence-electron chi connectivity index (χ0n) is 19.3. The molecule has 1 atom stereocenters. The number of carbonyl (C=O) groups excluding carboxylic acids is 2. The summed E-state index contributed by atoms with van der Waals surface area (Å²) in [7, 11) is 1.60. The van der Waals surface area contributed by atoms with E-state index in [0.29, 0.717) is 16.3 Å². The third-order valence-corrected chi connectivity index (χ3v) is 5.71. The Morgan fingerprint density at radius 1 is 1.03 bits per heavy atom. The van der Waals surface area contributed by atoms with Crippen molar-refractivity contribution in [3.8, 4) is 22.9 Å². The largest absolute Gasteiger partial charge is 0.497 e. The number of nitrogens with one attached hydrogen (secondary N) is 3. The van der Waals surface area contributed by atoms with E-state index in [-0.39, 0.29) is 18.9 Å². The monoisotopic (exact) mass is 491 g/mol. The lowest BCUT2D eigenvalue weighted by Gasteiger charge is -2.15. The molecule has 9 nitrogen and oxygen atoms in total. The number of nitrogens with zero attached hydrogens (tertiary/aromatic N) is 2. The minimum atomic E-state index is -0.805. The molecule has 0 bridgehead atoms. The number of hydrazine groups is 1. The van der Waals surface area contributed by atoms with Crippen molar-refractivity contribution in [3.05, 3.63) is 71.5 Å². The molecule has 0 saturated heterocycles. The van der Waals surface area contributed by atoms with Crippen LogP contribution in [-0.2, 0) is 16.1 Å². The van der Waals surface area contributed by atoms with E-state index in [1.54, 1.807) is 24.7 Å². The summed E-state index contributed by atoms with van der Waals surface area (Å²) in [5.41, 5.74) is 5.65. The summed E-state index contributed by atoms with van der Waals surface area (Å²) in [4.78, 5) is 24.7. The molecule has 35 heavy (non-hydrogen) atoms. The fourth-order valence-corrected chi connectivity index (χ4v) is 3.72. The molecule has 10 heteroatoms. The van der Waals surface area contributed by atoms with Gasteiger partial charge in [0.15, 0.2) is 16.7 Å². The fraction of sp³-hybridized carbons (Fsp3) is 0.200. The number of H-pyrrole nitrogens is 1. The number of hydrogen-bond acceptors (Lipinski definition) is 6. The lowest BCUT2D eigenvalue weighted by atomic mass is 10.1. The summed E-state index contributed by atoms with van der Waals surface area (Å²) in [6.45, 7) is 1.89. The Morgan fingerprint density at radius 2 is 1.74 bits per heavy atom. The average Bonchev–Trinajstić information content (AvgIpc) is 3.25. The van der Waals surface area contributed by atoms with Gasteiger partial charge in [-0.25, -0.2) is 0 Å². The summed E-state index contributed by atoms with van der Waals surface area (Å²) in [5, 5.41) is 9.11. The molecule has 0 spiro atoms. The number of benzene rings is 3. The van der Waals surface area contributed by atoms with Crippen molar-refractivity contribution in [2.75, 3.05) is 7.11 Å². The van der Waals surface area contributed by atoms with Crippen LogP contribution < -0.4 is 20.3 Å². The maximum atomic E-state index is 12.4. The normalized spacial score (nSPS) is 11.6. The highest BCUT2D eigenvalue weighted by atomic mass is 32.1. The van der Waals surface area contributed by atoms with Crippen molar-refractivity contribution >= 4 is 34.8 Å². The lowest BCUT2D eigenvalue weighted by molar-refractivity contribution is -0.132. The molecule has 0 aliphatic carbocycles. The number of carbonyl (C=O) groups is 2. The number of aromatic amines is 1. The molecule has 0 fully saturated rings. The minimum Gasteiger partial charge on any atom is -0.497 e. The first-order chi connectivity index (χ1) is 16.9. The third-order valence-electron chi connectivity index (χ3n) is 5.40. The molecule has 2 amide bonds. The number of hydrogen-bond donors (Lipinski definition) is 3. The highest BCUT2D eigenvalue weighted by molar-refractivity contribution is 7.71. The van der Waals surface area contributed by atoms with Gasteiger partial charge >= 0.3 is 0 Å². The summed E-state index contributed by atoms with van der Waals surface area (Å²) in [5.74, 6) is 1.05. The zero-order valence-corrected chi connectivity index (χ0v) is 20.1. The number of aromatic nitrogens is 3. The van der Waals surface area contributed by atoms with Crippen LogP contribution in [0.3, 0.4) is 0 Å². The van der Waals surface area contributed by atoms with E-state index < -0.39 is 12.0 Å². The second-order valence-electron chi connectivity index (χ2n) is 7.79. The lowest BCUT2D eigenvalue weighted by Crippen LogP contribution is -2.47. The van der Waals surface area contributed by atoms with Gasteiger partial charge in [-0.15, -0.1) is 0 Å². The first-order valence-corrected chi connectivity index (χ1v) is 11.4. The highest BCUT2D eigenvalue weighted by Crippen LogP contribution is 2.22. The number of methoxy groups -OCH3 is 1. The molecule has 1 heterocycles. The van der Waals surface area contributed by atoms with E-state index in [1.165, 1.54) is 0 Å². The van der Waals surface area contributed by atoms with Crippen molar-refractivity contribution in [2.45, 2.75) is 26.0 Å². The van der Waals surface area contributed by atoms with Gasteiger partial charge in [-0.2, -0.15) is 5.10 Å². The Morgan fingerprint density at radius 3 is 2.49 bits per heavy atom. The van der Waals surface area contributed by atoms with Gasteiger partial charge < -0.3 is 9.47 Å². The van der Waals surface area contributed by atoms with E-state index in [0.717, 1.165) is 22.1 Å². The van der Waals surface area contributed by atoms with Gasteiger partial charge in [-0.3, -0.25) is 30.1 Å². The van der Waals surface area contributed by atoms with Gasteiger partial charge in [0.2, 0.25) is 5.91 Å². The highest BCUT2D eigenvalue weighted by Gasteiger charge is 2.16. The molecule has 0 aliphatic rings. The van der Waals surface area contributed by atoms with Crippen LogP contribution in [-0.4, -0.2) is 39.8 Å². The summed E-state index contributed by atoms with van der Waals surface area (Å²) < 4.78 is 13.0. The van der Waals surface area contributed by atoms with E-state index in [9.17, 15) is 9.59 Å². The van der Waals surface area contributed by atoms with Crippen LogP contribution >= 0.6 is 12.2 Å². The summed E-state index contributed by atoms with van der Waals surface area (Å²) in [6.07, 6.45) is -0.724. The second-order valence-corrected chi connectivity index (χ2v) is 8.18. The average molecular weight is 492 g/mol. The summed E-state index contributed by atoms with van der Waals surface area (Å²) >= 11 is 5.31. The minimum absolute atomic E-state index is 0.0805. The first kappa shape index (κ1) is 24.0. The molecule has 3 N–H and O–H groups in total. The van der Waals surface area contributed by atoms with E-state index >= 15 is 0 Å². The molecule has 1 aromatic heterocycles. The third kappa shape index (κ3) is 5.85. The van der Waals surface area contributed by atoms with Crippen molar-refractivity contribution in [1.29, 1.82) is 0 Å². The molecule has 4 rings (SSSR count). The molecule has 1 unspecified atom stereocenters. The number of ether oxygens (including phenoxy) is 2. The fourth-order valence-electron chi connectivity index (χ4n) is 3.49. The number of rotatable bonds is 8. The smallest absolute Gasteiger partial charge is 0.279 e. The van der Waals surface area contributed by atoms with Gasteiger partial charge in [0.05, 0.1) is 7.11 Å². The zero-order chi connectivity index (χ0) is 24.8. The van der Waals surface area contributed by atoms with Crippen LogP contribution in [0.1, 0.15) is 13.3 Å². The Hall–Kier alpha value is -4.18. The van der Waals surface area contributed by atoms with Gasteiger partial charge in [0.25, 0.3) is 5.91 Å². The SMILES string of the molecule is COc1ccc(-c2n[nH]c(=S)n2CCC(=O)NNC(=O)C(C)Oc2ccc3ccccc3c2)cc1. The van der Waals surface area contributed by atoms with Crippen molar-refractivity contribution in [1.82, 2.24) is 25.6 Å². The predicted molar refractivity (Wildman–Crippen MR) is 134 cm³/mol. The predicted octanol–water partition coefficient (Wildman–Crippen LogP) is 3.77. The second kappa shape index (κ2) is 10.8. The number of amides is 2. The number of fused-ring (bicyclic) bond motifs is 1. The van der Waals surface area contributed by atoms with Gasteiger partial charge in [0, 0.05) is 18.5 Å². The molecular weight excluding hydrogens is 466 g/mol.